The van der Waals surface area contributed by atoms with Gasteiger partial charge in [-0.2, -0.15) is 0 Å². The molecule has 1 aromatic rings. The van der Waals surface area contributed by atoms with Crippen LogP contribution in [0.5, 0.6) is 0 Å². The highest BCUT2D eigenvalue weighted by atomic mass is 32.2. The number of sulfonamides is 1. The molecule has 0 spiro atoms. The number of nitro groups is 1. The molecule has 17 heavy (non-hydrogen) atoms. The number of carboxylic acids is 1. The molecule has 0 radical (unpaired) electrons. The monoisotopic (exact) mass is 260 g/mol. The van der Waals surface area contributed by atoms with E-state index in [1.807, 2.05) is 4.72 Å². The van der Waals surface area contributed by atoms with E-state index in [2.05, 4.69) is 0 Å². The van der Waals surface area contributed by atoms with Gasteiger partial charge in [0.05, 0.1) is 22.4 Å². The van der Waals surface area contributed by atoms with Crippen LogP contribution in [0.4, 0.5) is 11.4 Å². The summed E-state index contributed by atoms with van der Waals surface area (Å²) in [7, 11) is -3.63. The van der Waals surface area contributed by atoms with Crippen molar-refractivity contribution < 1.29 is 23.2 Å². The fraction of sp³-hybridized carbons (Fsp3) is 0.125. The van der Waals surface area contributed by atoms with Gasteiger partial charge < -0.3 is 5.11 Å². The fourth-order valence-corrected chi connectivity index (χ4v) is 1.66. The van der Waals surface area contributed by atoms with Gasteiger partial charge in [0.2, 0.25) is 10.0 Å². The van der Waals surface area contributed by atoms with E-state index in [0.29, 0.717) is 0 Å². The number of non-ortho nitro benzene ring substituents is 1. The van der Waals surface area contributed by atoms with Crippen LogP contribution < -0.4 is 4.72 Å². The second-order valence-corrected chi connectivity index (χ2v) is 4.95. The summed E-state index contributed by atoms with van der Waals surface area (Å²) in [6.07, 6.45) is 0.853. The zero-order valence-electron chi connectivity index (χ0n) is 8.58. The molecule has 0 bridgehead atoms. The lowest BCUT2D eigenvalue weighted by molar-refractivity contribution is -0.384. The van der Waals surface area contributed by atoms with Crippen molar-refractivity contribution in [2.24, 2.45) is 0 Å². The minimum absolute atomic E-state index is 0.167. The number of benzene rings is 1. The summed E-state index contributed by atoms with van der Waals surface area (Å²) in [5.41, 5.74) is -1.04. The average Bonchev–Trinajstić information content (AvgIpc) is 2.14. The summed E-state index contributed by atoms with van der Waals surface area (Å²) >= 11 is 0. The lowest BCUT2D eigenvalue weighted by Gasteiger charge is -2.04. The van der Waals surface area contributed by atoms with Crippen molar-refractivity contribution in [1.29, 1.82) is 0 Å². The van der Waals surface area contributed by atoms with Crippen molar-refractivity contribution in [1.82, 2.24) is 0 Å². The Bertz CT molecular complexity index is 547. The van der Waals surface area contributed by atoms with Gasteiger partial charge >= 0.3 is 5.97 Å². The fourth-order valence-electron chi connectivity index (χ4n) is 1.11. The molecule has 1 rings (SSSR count). The van der Waals surface area contributed by atoms with Crippen LogP contribution in [0.2, 0.25) is 0 Å². The molecule has 0 heterocycles. The van der Waals surface area contributed by atoms with Crippen LogP contribution in [-0.2, 0) is 10.0 Å². The zero-order chi connectivity index (χ0) is 13.2. The SMILES string of the molecule is CS(=O)(=O)Nc1cc(C(=O)O)cc([N+](=O)[O-])c1. The largest absolute Gasteiger partial charge is 0.478 e. The first-order valence-corrected chi connectivity index (χ1v) is 6.09. The minimum Gasteiger partial charge on any atom is -0.478 e. The third kappa shape index (κ3) is 3.72. The Morgan fingerprint density at radius 1 is 1.41 bits per heavy atom. The number of hydrogen-bond donors (Lipinski definition) is 2. The maximum absolute atomic E-state index is 10.9. The number of carbonyl (C=O) groups is 1. The van der Waals surface area contributed by atoms with E-state index in [4.69, 9.17) is 5.11 Å². The topological polar surface area (TPSA) is 127 Å². The number of nitrogens with zero attached hydrogens (tertiary/aromatic N) is 1. The second kappa shape index (κ2) is 4.37. The van der Waals surface area contributed by atoms with Crippen LogP contribution in [0.3, 0.4) is 0 Å². The summed E-state index contributed by atoms with van der Waals surface area (Å²) in [4.78, 5) is 20.4. The normalized spacial score (nSPS) is 10.9. The first kappa shape index (κ1) is 12.9. The van der Waals surface area contributed by atoms with E-state index < -0.39 is 26.6 Å². The Labute approximate surface area is 96.1 Å². The number of nitrogens with one attached hydrogen (secondary N) is 1. The molecule has 0 saturated heterocycles. The van der Waals surface area contributed by atoms with E-state index in [-0.39, 0.29) is 11.3 Å². The third-order valence-corrected chi connectivity index (χ3v) is 2.29. The highest BCUT2D eigenvalue weighted by molar-refractivity contribution is 7.92. The number of anilines is 1. The van der Waals surface area contributed by atoms with Crippen molar-refractivity contribution in [3.63, 3.8) is 0 Å². The number of nitro benzene ring substituents is 1. The van der Waals surface area contributed by atoms with E-state index in [1.165, 1.54) is 0 Å². The van der Waals surface area contributed by atoms with Crippen LogP contribution in [0.1, 0.15) is 10.4 Å². The van der Waals surface area contributed by atoms with Crippen molar-refractivity contribution in [2.75, 3.05) is 11.0 Å². The third-order valence-electron chi connectivity index (χ3n) is 1.68. The van der Waals surface area contributed by atoms with Crippen LogP contribution in [0, 0.1) is 10.1 Å². The quantitative estimate of drug-likeness (QED) is 0.604. The van der Waals surface area contributed by atoms with Crippen molar-refractivity contribution in [2.45, 2.75) is 0 Å². The number of rotatable bonds is 4. The number of carboxylic acid groups (broad SMARTS) is 1. The van der Waals surface area contributed by atoms with Gasteiger partial charge in [-0.15, -0.1) is 0 Å². The smallest absolute Gasteiger partial charge is 0.336 e. The van der Waals surface area contributed by atoms with Crippen LogP contribution >= 0.6 is 0 Å². The molecule has 92 valence electrons. The molecule has 9 heteroatoms. The molecule has 8 nitrogen and oxygen atoms in total. The van der Waals surface area contributed by atoms with Gasteiger partial charge in [0.15, 0.2) is 0 Å². The van der Waals surface area contributed by atoms with Gasteiger partial charge in [0.25, 0.3) is 5.69 Å². The standard InChI is InChI=1S/C8H8N2O6S/c1-17(15,16)9-6-2-5(8(11)12)3-7(4-6)10(13)14/h2-4,9H,1H3,(H,11,12). The van der Waals surface area contributed by atoms with Gasteiger partial charge in [-0.3, -0.25) is 14.8 Å². The summed E-state index contributed by atoms with van der Waals surface area (Å²) in [6, 6.07) is 2.78. The van der Waals surface area contributed by atoms with Crippen LogP contribution in [0.15, 0.2) is 18.2 Å². The molecule has 0 unspecified atom stereocenters. The Hall–Kier alpha value is -2.16. The maximum atomic E-state index is 10.9. The Kier molecular flexibility index (Phi) is 3.32. The van der Waals surface area contributed by atoms with Gasteiger partial charge in [-0.05, 0) is 6.07 Å². The van der Waals surface area contributed by atoms with E-state index in [1.54, 1.807) is 0 Å². The van der Waals surface area contributed by atoms with Crippen LogP contribution in [0.25, 0.3) is 0 Å². The lowest BCUT2D eigenvalue weighted by Crippen LogP contribution is -2.10. The Morgan fingerprint density at radius 3 is 2.41 bits per heavy atom. The molecule has 2 N–H and O–H groups in total. The molecule has 0 amide bonds. The highest BCUT2D eigenvalue weighted by Gasteiger charge is 2.15. The Balaban J connectivity index is 3.31. The molecule has 0 saturated carbocycles. The van der Waals surface area contributed by atoms with E-state index in [0.717, 1.165) is 24.5 Å². The lowest BCUT2D eigenvalue weighted by atomic mass is 10.2. The molecule has 1 aromatic carbocycles. The maximum Gasteiger partial charge on any atom is 0.336 e. The predicted octanol–water partition coefficient (Wildman–Crippen LogP) is 0.664. The van der Waals surface area contributed by atoms with E-state index in [9.17, 15) is 23.3 Å². The Morgan fingerprint density at radius 2 is 2.00 bits per heavy atom. The zero-order valence-corrected chi connectivity index (χ0v) is 9.39. The van der Waals surface area contributed by atoms with Gasteiger partial charge in [0, 0.05) is 12.1 Å². The second-order valence-electron chi connectivity index (χ2n) is 3.21. The minimum atomic E-state index is -3.63. The molecule has 0 aliphatic rings. The first-order valence-electron chi connectivity index (χ1n) is 4.19. The average molecular weight is 260 g/mol. The summed E-state index contributed by atoms with van der Waals surface area (Å²) in [6.45, 7) is 0. The summed E-state index contributed by atoms with van der Waals surface area (Å²) < 4.78 is 23.8. The van der Waals surface area contributed by atoms with Gasteiger partial charge in [-0.1, -0.05) is 0 Å². The number of aromatic carboxylic acids is 1. The molecule has 0 aliphatic heterocycles. The molecule has 0 fully saturated rings. The van der Waals surface area contributed by atoms with Crippen LogP contribution in [-0.4, -0.2) is 30.7 Å². The highest BCUT2D eigenvalue weighted by Crippen LogP contribution is 2.21. The molecule has 0 aliphatic carbocycles. The molecule has 0 aromatic heterocycles. The summed E-state index contributed by atoms with van der Waals surface area (Å²) in [5.74, 6) is -1.38. The van der Waals surface area contributed by atoms with Crippen molar-refractivity contribution >= 4 is 27.4 Å². The predicted molar refractivity (Wildman–Crippen MR) is 58.5 cm³/mol. The van der Waals surface area contributed by atoms with Crippen molar-refractivity contribution in [3.8, 4) is 0 Å². The molecular formula is C8H8N2O6S. The molecule has 0 atom stereocenters. The first-order chi connectivity index (χ1) is 7.69. The number of hydrogen-bond acceptors (Lipinski definition) is 5. The summed E-state index contributed by atoms with van der Waals surface area (Å²) in [5, 5.41) is 19.2. The van der Waals surface area contributed by atoms with Crippen molar-refractivity contribution in [3.05, 3.63) is 33.9 Å². The van der Waals surface area contributed by atoms with Gasteiger partial charge in [0.1, 0.15) is 0 Å². The molecular weight excluding hydrogens is 252 g/mol. The van der Waals surface area contributed by atoms with E-state index >= 15 is 0 Å². The van der Waals surface area contributed by atoms with Gasteiger partial charge in [-0.25, -0.2) is 13.2 Å².